The van der Waals surface area contributed by atoms with Gasteiger partial charge in [-0.25, -0.2) is 14.1 Å². The molecule has 1 N–H and O–H groups in total. The highest BCUT2D eigenvalue weighted by Crippen LogP contribution is 2.34. The largest absolute Gasteiger partial charge is 0.308 e. The fourth-order valence-electron chi connectivity index (χ4n) is 4.44. The Morgan fingerprint density at radius 2 is 1.87 bits per heavy atom. The summed E-state index contributed by atoms with van der Waals surface area (Å²) >= 11 is 1.25. The standard InChI is InChI=1S/C27H19FN6O3S/c28-20-7-3-1-5-18(20)25(36)33-12-11-17-13-16(9-10-23(17)33)22-15-38-27(29-22)30-24(35)14-34-26(37)19-6-2-4-8-21(19)31-32-34/h1-10,13,15H,11-12,14H2,(H,29,30,35). The van der Waals surface area contributed by atoms with Gasteiger partial charge in [0.15, 0.2) is 5.13 Å². The van der Waals surface area contributed by atoms with Crippen molar-refractivity contribution in [3.05, 3.63) is 99.4 Å². The number of nitrogens with one attached hydrogen (secondary N) is 1. The Hall–Kier alpha value is -4.77. The number of benzene rings is 3. The van der Waals surface area contributed by atoms with Crippen LogP contribution in [0.5, 0.6) is 0 Å². The Morgan fingerprint density at radius 3 is 2.74 bits per heavy atom. The Labute approximate surface area is 219 Å². The van der Waals surface area contributed by atoms with Gasteiger partial charge in [-0.3, -0.25) is 14.4 Å². The van der Waals surface area contributed by atoms with Crippen LogP contribution >= 0.6 is 11.3 Å². The second-order valence-corrected chi connectivity index (χ2v) is 9.54. The topological polar surface area (TPSA) is 110 Å². The zero-order valence-corrected chi connectivity index (χ0v) is 20.6. The number of halogens is 1. The first-order valence-corrected chi connectivity index (χ1v) is 12.6. The number of carbonyl (C=O) groups is 2. The van der Waals surface area contributed by atoms with Crippen molar-refractivity contribution in [2.24, 2.45) is 0 Å². The molecule has 0 spiro atoms. The van der Waals surface area contributed by atoms with Gasteiger partial charge in [0.1, 0.15) is 17.9 Å². The molecule has 6 rings (SSSR count). The van der Waals surface area contributed by atoms with Crippen molar-refractivity contribution < 1.29 is 14.0 Å². The third kappa shape index (κ3) is 4.33. The van der Waals surface area contributed by atoms with E-state index in [9.17, 15) is 18.8 Å². The summed E-state index contributed by atoms with van der Waals surface area (Å²) in [7, 11) is 0. The molecule has 0 aliphatic carbocycles. The van der Waals surface area contributed by atoms with E-state index in [-0.39, 0.29) is 18.0 Å². The van der Waals surface area contributed by atoms with Gasteiger partial charge in [-0.15, -0.1) is 16.4 Å². The molecule has 1 aliphatic heterocycles. The number of thiazole rings is 1. The van der Waals surface area contributed by atoms with Crippen LogP contribution in [0.15, 0.2) is 76.9 Å². The lowest BCUT2D eigenvalue weighted by Crippen LogP contribution is -2.30. The predicted molar refractivity (Wildman–Crippen MR) is 142 cm³/mol. The lowest BCUT2D eigenvalue weighted by Gasteiger charge is -2.18. The van der Waals surface area contributed by atoms with Crippen molar-refractivity contribution in [1.29, 1.82) is 0 Å². The summed E-state index contributed by atoms with van der Waals surface area (Å²) in [4.78, 5) is 44.2. The summed E-state index contributed by atoms with van der Waals surface area (Å²) in [5.74, 6) is -1.37. The fraction of sp³-hybridized carbons (Fsp3) is 0.111. The lowest BCUT2D eigenvalue weighted by atomic mass is 10.1. The second kappa shape index (κ2) is 9.60. The minimum Gasteiger partial charge on any atom is -0.308 e. The third-order valence-corrected chi connectivity index (χ3v) is 7.05. The molecule has 3 aromatic carbocycles. The molecular weight excluding hydrogens is 507 g/mol. The van der Waals surface area contributed by atoms with Crippen molar-refractivity contribution in [2.45, 2.75) is 13.0 Å². The quantitative estimate of drug-likeness (QED) is 0.372. The van der Waals surface area contributed by atoms with E-state index in [1.54, 1.807) is 41.3 Å². The number of aromatic nitrogens is 4. The zero-order chi connectivity index (χ0) is 26.2. The SMILES string of the molecule is O=C(Cn1nnc2ccccc2c1=O)Nc1nc(-c2ccc3c(c2)CCN3C(=O)c2ccccc2F)cs1. The van der Waals surface area contributed by atoms with Crippen LogP contribution in [0.2, 0.25) is 0 Å². The smallest absolute Gasteiger partial charge is 0.278 e. The monoisotopic (exact) mass is 526 g/mol. The van der Waals surface area contributed by atoms with Crippen molar-refractivity contribution in [1.82, 2.24) is 20.0 Å². The summed E-state index contributed by atoms with van der Waals surface area (Å²) in [5.41, 5.74) is 3.31. The molecule has 11 heteroatoms. The molecule has 2 aromatic heterocycles. The fourth-order valence-corrected chi connectivity index (χ4v) is 5.17. The minimum absolute atomic E-state index is 0.0428. The van der Waals surface area contributed by atoms with Crippen molar-refractivity contribution in [2.75, 3.05) is 16.8 Å². The van der Waals surface area contributed by atoms with Gasteiger partial charge in [0.05, 0.1) is 16.6 Å². The molecule has 0 unspecified atom stereocenters. The molecule has 188 valence electrons. The summed E-state index contributed by atoms with van der Waals surface area (Å²) in [6.07, 6.45) is 0.638. The summed E-state index contributed by atoms with van der Waals surface area (Å²) in [6.45, 7) is 0.164. The Bertz CT molecular complexity index is 1780. The molecular formula is C27H19FN6O3S. The summed E-state index contributed by atoms with van der Waals surface area (Å²) < 4.78 is 15.2. The van der Waals surface area contributed by atoms with Crippen LogP contribution in [0.1, 0.15) is 15.9 Å². The van der Waals surface area contributed by atoms with Crippen LogP contribution in [-0.2, 0) is 17.8 Å². The van der Waals surface area contributed by atoms with Gasteiger partial charge in [-0.1, -0.05) is 35.5 Å². The molecule has 9 nitrogen and oxygen atoms in total. The molecule has 2 amide bonds. The van der Waals surface area contributed by atoms with Crippen LogP contribution in [0.4, 0.5) is 15.2 Å². The van der Waals surface area contributed by atoms with E-state index in [0.717, 1.165) is 21.5 Å². The van der Waals surface area contributed by atoms with Crippen LogP contribution < -0.4 is 15.8 Å². The van der Waals surface area contributed by atoms with E-state index >= 15 is 0 Å². The third-order valence-electron chi connectivity index (χ3n) is 6.29. The molecule has 1 aliphatic rings. The zero-order valence-electron chi connectivity index (χ0n) is 19.8. The molecule has 0 saturated heterocycles. The number of hydrogen-bond donors (Lipinski definition) is 1. The highest BCUT2D eigenvalue weighted by atomic mass is 32.1. The molecule has 38 heavy (non-hydrogen) atoms. The minimum atomic E-state index is -0.544. The maximum Gasteiger partial charge on any atom is 0.278 e. The van der Waals surface area contributed by atoms with Gasteiger partial charge in [0, 0.05) is 23.2 Å². The number of rotatable bonds is 5. The van der Waals surface area contributed by atoms with Crippen LogP contribution in [0, 0.1) is 5.82 Å². The van der Waals surface area contributed by atoms with Crippen LogP contribution in [0.25, 0.3) is 22.2 Å². The highest BCUT2D eigenvalue weighted by molar-refractivity contribution is 7.14. The number of amides is 2. The molecule has 0 saturated carbocycles. The van der Waals surface area contributed by atoms with Gasteiger partial charge >= 0.3 is 0 Å². The number of nitrogens with zero attached hydrogens (tertiary/aromatic N) is 5. The maximum atomic E-state index is 14.1. The van der Waals surface area contributed by atoms with Crippen molar-refractivity contribution in [3.63, 3.8) is 0 Å². The van der Waals surface area contributed by atoms with Gasteiger partial charge in [0.2, 0.25) is 5.91 Å². The Morgan fingerprint density at radius 1 is 1.05 bits per heavy atom. The first-order valence-electron chi connectivity index (χ1n) is 11.8. The van der Waals surface area contributed by atoms with Crippen molar-refractivity contribution in [3.8, 4) is 11.3 Å². The normalized spacial score (nSPS) is 12.5. The highest BCUT2D eigenvalue weighted by Gasteiger charge is 2.27. The Kier molecular flexibility index (Phi) is 5.97. The molecule has 0 bridgehead atoms. The van der Waals surface area contributed by atoms with Gasteiger partial charge in [0.25, 0.3) is 11.5 Å². The molecule has 0 atom stereocenters. The second-order valence-electron chi connectivity index (χ2n) is 8.69. The maximum absolute atomic E-state index is 14.1. The average Bonchev–Trinajstić information content (AvgIpc) is 3.57. The van der Waals surface area contributed by atoms with E-state index in [0.29, 0.717) is 34.7 Å². The summed E-state index contributed by atoms with van der Waals surface area (Å²) in [5, 5.41) is 13.1. The van der Waals surface area contributed by atoms with Crippen LogP contribution in [0.3, 0.4) is 0 Å². The van der Waals surface area contributed by atoms with Crippen molar-refractivity contribution >= 4 is 44.9 Å². The molecule has 3 heterocycles. The predicted octanol–water partition coefficient (Wildman–Crippen LogP) is 3.90. The van der Waals surface area contributed by atoms with E-state index in [1.807, 2.05) is 23.6 Å². The van der Waals surface area contributed by atoms with E-state index in [2.05, 4.69) is 20.6 Å². The van der Waals surface area contributed by atoms with E-state index < -0.39 is 17.3 Å². The number of carbonyl (C=O) groups excluding carboxylic acids is 2. The van der Waals surface area contributed by atoms with Gasteiger partial charge in [-0.05, 0) is 48.4 Å². The van der Waals surface area contributed by atoms with E-state index in [1.165, 1.54) is 23.5 Å². The lowest BCUT2D eigenvalue weighted by molar-refractivity contribution is -0.117. The number of fused-ring (bicyclic) bond motifs is 2. The van der Waals surface area contributed by atoms with E-state index in [4.69, 9.17) is 0 Å². The van der Waals surface area contributed by atoms with Gasteiger partial charge in [-0.2, -0.15) is 0 Å². The first kappa shape index (κ1) is 23.6. The molecule has 0 fully saturated rings. The molecule has 0 radical (unpaired) electrons. The average molecular weight is 527 g/mol. The van der Waals surface area contributed by atoms with Gasteiger partial charge < -0.3 is 10.2 Å². The number of anilines is 2. The summed E-state index contributed by atoms with van der Waals surface area (Å²) in [6, 6.07) is 18.4. The first-order chi connectivity index (χ1) is 18.5. The van der Waals surface area contributed by atoms with Crippen LogP contribution in [-0.4, -0.2) is 38.3 Å². The number of hydrogen-bond acceptors (Lipinski definition) is 7. The Balaban J connectivity index is 1.16. The molecule has 5 aromatic rings.